The Balaban J connectivity index is 1.87. The molecule has 1 aliphatic carbocycles. The Bertz CT molecular complexity index is 455. The van der Waals surface area contributed by atoms with Gasteiger partial charge in [0.25, 0.3) is 0 Å². The van der Waals surface area contributed by atoms with Crippen LogP contribution in [0.1, 0.15) is 32.1 Å². The molecule has 1 atom stereocenters. The molecule has 0 aromatic heterocycles. The van der Waals surface area contributed by atoms with Crippen LogP contribution in [0.15, 0.2) is 30.3 Å². The molecular formula is C15H20N2O3. The van der Waals surface area contributed by atoms with Gasteiger partial charge in [-0.2, -0.15) is 0 Å². The van der Waals surface area contributed by atoms with Crippen LogP contribution in [0, 0.1) is 0 Å². The van der Waals surface area contributed by atoms with Crippen molar-refractivity contribution in [2.45, 2.75) is 44.2 Å². The average molecular weight is 276 g/mol. The second kappa shape index (κ2) is 7.05. The summed E-state index contributed by atoms with van der Waals surface area (Å²) in [5, 5.41) is 15.0. The van der Waals surface area contributed by atoms with Gasteiger partial charge in [-0.3, -0.25) is 9.59 Å². The third-order valence-corrected chi connectivity index (χ3v) is 3.54. The fourth-order valence-corrected chi connectivity index (χ4v) is 2.51. The molecule has 1 amide bonds. The van der Waals surface area contributed by atoms with Crippen LogP contribution >= 0.6 is 0 Å². The normalized spacial score (nSPS) is 16.8. The molecule has 0 heterocycles. The zero-order chi connectivity index (χ0) is 14.4. The van der Waals surface area contributed by atoms with Crippen LogP contribution in [0.2, 0.25) is 0 Å². The number of carboxylic acids is 1. The maximum atomic E-state index is 11.9. The van der Waals surface area contributed by atoms with Gasteiger partial charge >= 0.3 is 5.97 Å². The molecule has 0 bridgehead atoms. The fourth-order valence-electron chi connectivity index (χ4n) is 2.51. The van der Waals surface area contributed by atoms with Crippen LogP contribution in [0.25, 0.3) is 0 Å². The number of hydrogen-bond acceptors (Lipinski definition) is 3. The van der Waals surface area contributed by atoms with Crippen molar-refractivity contribution in [1.82, 2.24) is 5.32 Å². The largest absolute Gasteiger partial charge is 0.480 e. The molecule has 0 spiro atoms. The van der Waals surface area contributed by atoms with Gasteiger partial charge in [0, 0.05) is 11.7 Å². The monoisotopic (exact) mass is 276 g/mol. The predicted octanol–water partition coefficient (Wildman–Crippen LogP) is 2.00. The molecule has 2 rings (SSSR count). The minimum Gasteiger partial charge on any atom is -0.480 e. The Morgan fingerprint density at radius 3 is 2.45 bits per heavy atom. The Kier molecular flexibility index (Phi) is 5.12. The molecule has 3 N–H and O–H groups in total. The van der Waals surface area contributed by atoms with E-state index in [2.05, 4.69) is 10.6 Å². The highest BCUT2D eigenvalue weighted by Crippen LogP contribution is 2.18. The summed E-state index contributed by atoms with van der Waals surface area (Å²) in [5.41, 5.74) is 0.683. The molecule has 1 aromatic carbocycles. The smallest absolute Gasteiger partial charge is 0.321 e. The summed E-state index contributed by atoms with van der Waals surface area (Å²) in [7, 11) is 0. The van der Waals surface area contributed by atoms with Crippen molar-refractivity contribution in [1.29, 1.82) is 0 Å². The summed E-state index contributed by atoms with van der Waals surface area (Å²) >= 11 is 0. The number of nitrogens with one attached hydrogen (secondary N) is 2. The Morgan fingerprint density at radius 2 is 1.85 bits per heavy atom. The van der Waals surface area contributed by atoms with E-state index in [1.165, 1.54) is 0 Å². The second-order valence-corrected chi connectivity index (χ2v) is 5.16. The molecule has 1 saturated carbocycles. The van der Waals surface area contributed by atoms with E-state index < -0.39 is 12.0 Å². The number of carbonyl (C=O) groups excluding carboxylic acids is 1. The first-order valence-corrected chi connectivity index (χ1v) is 6.99. The first kappa shape index (κ1) is 14.5. The molecule has 5 heteroatoms. The van der Waals surface area contributed by atoms with E-state index in [4.69, 9.17) is 0 Å². The fraction of sp³-hybridized carbons (Fsp3) is 0.467. The third kappa shape index (κ3) is 4.35. The van der Waals surface area contributed by atoms with Crippen LogP contribution in [0.3, 0.4) is 0 Å². The summed E-state index contributed by atoms with van der Waals surface area (Å²) in [6.45, 7) is 0. The Morgan fingerprint density at radius 1 is 1.20 bits per heavy atom. The highest BCUT2D eigenvalue weighted by molar-refractivity contribution is 5.94. The van der Waals surface area contributed by atoms with Crippen LogP contribution in [-0.2, 0) is 9.59 Å². The summed E-state index contributed by atoms with van der Waals surface area (Å²) in [6.07, 6.45) is 4.18. The lowest BCUT2D eigenvalue weighted by atomic mass is 10.1. The van der Waals surface area contributed by atoms with Crippen molar-refractivity contribution >= 4 is 17.6 Å². The lowest BCUT2D eigenvalue weighted by molar-refractivity contribution is -0.141. The number of rotatable bonds is 6. The number of hydrogen-bond donors (Lipinski definition) is 3. The van der Waals surface area contributed by atoms with E-state index in [1.807, 2.05) is 18.2 Å². The molecule has 1 aromatic rings. The maximum absolute atomic E-state index is 11.9. The lowest BCUT2D eigenvalue weighted by Crippen LogP contribution is -2.44. The quantitative estimate of drug-likeness (QED) is 0.742. The summed E-state index contributed by atoms with van der Waals surface area (Å²) in [6, 6.07) is 8.46. The van der Waals surface area contributed by atoms with Crippen molar-refractivity contribution in [2.75, 3.05) is 5.32 Å². The van der Waals surface area contributed by atoms with Crippen LogP contribution < -0.4 is 10.6 Å². The van der Waals surface area contributed by atoms with E-state index in [1.54, 1.807) is 12.1 Å². The minimum absolute atomic E-state index is 0.0548. The van der Waals surface area contributed by atoms with Gasteiger partial charge < -0.3 is 15.7 Å². The average Bonchev–Trinajstić information content (AvgIpc) is 2.92. The molecule has 0 radical (unpaired) electrons. The van der Waals surface area contributed by atoms with Gasteiger partial charge in [-0.1, -0.05) is 31.0 Å². The van der Waals surface area contributed by atoms with E-state index in [9.17, 15) is 14.7 Å². The zero-order valence-electron chi connectivity index (χ0n) is 11.3. The Labute approximate surface area is 118 Å². The van der Waals surface area contributed by atoms with Crippen molar-refractivity contribution < 1.29 is 14.7 Å². The van der Waals surface area contributed by atoms with Gasteiger partial charge in [0.05, 0.1) is 6.42 Å². The first-order chi connectivity index (χ1) is 9.65. The topological polar surface area (TPSA) is 78.4 Å². The number of aliphatic carboxylic acids is 1. The molecule has 0 saturated heterocycles. The van der Waals surface area contributed by atoms with Crippen molar-refractivity contribution in [2.24, 2.45) is 0 Å². The summed E-state index contributed by atoms with van der Waals surface area (Å²) < 4.78 is 0. The molecule has 1 aliphatic rings. The first-order valence-electron chi connectivity index (χ1n) is 6.99. The van der Waals surface area contributed by atoms with E-state index in [0.29, 0.717) is 5.69 Å². The molecule has 20 heavy (non-hydrogen) atoms. The van der Waals surface area contributed by atoms with Gasteiger partial charge in [-0.05, 0) is 25.0 Å². The SMILES string of the molecule is O=C(C[C@@H](NC1CCCC1)C(=O)O)Nc1ccccc1. The molecule has 1 fully saturated rings. The van der Waals surface area contributed by atoms with E-state index >= 15 is 0 Å². The molecule has 0 unspecified atom stereocenters. The van der Waals surface area contributed by atoms with Crippen LogP contribution in [0.4, 0.5) is 5.69 Å². The molecule has 108 valence electrons. The number of carbonyl (C=O) groups is 2. The number of carboxylic acid groups (broad SMARTS) is 1. The number of benzene rings is 1. The summed E-state index contributed by atoms with van der Waals surface area (Å²) in [5.74, 6) is -1.26. The maximum Gasteiger partial charge on any atom is 0.321 e. The van der Waals surface area contributed by atoms with Crippen molar-refractivity contribution in [3.8, 4) is 0 Å². The number of amides is 1. The Hall–Kier alpha value is -1.88. The second-order valence-electron chi connectivity index (χ2n) is 5.16. The third-order valence-electron chi connectivity index (χ3n) is 3.54. The summed E-state index contributed by atoms with van der Waals surface area (Å²) in [4.78, 5) is 23.1. The standard InChI is InChI=1S/C15H20N2O3/c18-14(17-12-6-2-1-3-7-12)10-13(15(19)20)16-11-8-4-5-9-11/h1-3,6-7,11,13,16H,4-5,8-10H2,(H,17,18)(H,19,20)/t13-/m1/s1. The van der Waals surface area contributed by atoms with E-state index in [0.717, 1.165) is 25.7 Å². The molecule has 0 aliphatic heterocycles. The number of para-hydroxylation sites is 1. The van der Waals surface area contributed by atoms with Crippen LogP contribution in [0.5, 0.6) is 0 Å². The molecule has 5 nitrogen and oxygen atoms in total. The van der Waals surface area contributed by atoms with E-state index in [-0.39, 0.29) is 18.4 Å². The number of anilines is 1. The van der Waals surface area contributed by atoms with Crippen LogP contribution in [-0.4, -0.2) is 29.1 Å². The van der Waals surface area contributed by atoms with Crippen molar-refractivity contribution in [3.63, 3.8) is 0 Å². The van der Waals surface area contributed by atoms with Crippen molar-refractivity contribution in [3.05, 3.63) is 30.3 Å². The zero-order valence-corrected chi connectivity index (χ0v) is 11.3. The van der Waals surface area contributed by atoms with Gasteiger partial charge in [0.15, 0.2) is 0 Å². The van der Waals surface area contributed by atoms with Gasteiger partial charge in [0.1, 0.15) is 6.04 Å². The van der Waals surface area contributed by atoms with Gasteiger partial charge in [-0.15, -0.1) is 0 Å². The molecular weight excluding hydrogens is 256 g/mol. The highest BCUT2D eigenvalue weighted by Gasteiger charge is 2.25. The highest BCUT2D eigenvalue weighted by atomic mass is 16.4. The minimum atomic E-state index is -0.972. The predicted molar refractivity (Wildman–Crippen MR) is 76.5 cm³/mol. The van der Waals surface area contributed by atoms with Gasteiger partial charge in [-0.25, -0.2) is 0 Å². The van der Waals surface area contributed by atoms with Gasteiger partial charge in [0.2, 0.25) is 5.91 Å². The lowest BCUT2D eigenvalue weighted by Gasteiger charge is -2.19.